The third-order valence-corrected chi connectivity index (χ3v) is 3.24. The maximum atomic E-state index is 11.2. The number of thiazole rings is 1. The predicted octanol–water partition coefficient (Wildman–Crippen LogP) is 2.09. The average molecular weight is 244 g/mol. The van der Waals surface area contributed by atoms with E-state index < -0.39 is 6.03 Å². The molecule has 3 aromatic rings. The first-order valence-corrected chi connectivity index (χ1v) is 5.83. The van der Waals surface area contributed by atoms with Crippen LogP contribution < -0.4 is 5.73 Å². The molecule has 0 saturated heterocycles. The van der Waals surface area contributed by atoms with E-state index in [1.807, 2.05) is 30.3 Å². The van der Waals surface area contributed by atoms with E-state index in [1.165, 1.54) is 11.3 Å². The third kappa shape index (κ3) is 1.50. The van der Waals surface area contributed by atoms with Gasteiger partial charge in [0.1, 0.15) is 10.4 Å². The summed E-state index contributed by atoms with van der Waals surface area (Å²) in [4.78, 5) is 15.3. The summed E-state index contributed by atoms with van der Waals surface area (Å²) in [6.45, 7) is 0. The van der Waals surface area contributed by atoms with Gasteiger partial charge in [0.05, 0.1) is 5.51 Å². The molecule has 1 aromatic carbocycles. The van der Waals surface area contributed by atoms with Gasteiger partial charge in [-0.2, -0.15) is 9.78 Å². The molecular weight excluding hydrogens is 236 g/mol. The zero-order valence-electron chi connectivity index (χ0n) is 8.70. The lowest BCUT2D eigenvalue weighted by Crippen LogP contribution is -2.20. The van der Waals surface area contributed by atoms with Crippen molar-refractivity contribution in [3.05, 3.63) is 35.8 Å². The second-order valence-corrected chi connectivity index (χ2v) is 4.32. The number of amides is 1. The van der Waals surface area contributed by atoms with Crippen LogP contribution in [0.1, 0.15) is 0 Å². The first-order chi connectivity index (χ1) is 8.27. The fraction of sp³-hybridized carbons (Fsp3) is 0. The van der Waals surface area contributed by atoms with Crippen LogP contribution in [0.5, 0.6) is 0 Å². The highest BCUT2D eigenvalue weighted by Crippen LogP contribution is 2.29. The summed E-state index contributed by atoms with van der Waals surface area (Å²) in [7, 11) is 0. The Labute approximate surface area is 101 Å². The highest BCUT2D eigenvalue weighted by molar-refractivity contribution is 7.17. The number of nitrogens with two attached hydrogens (primary N) is 1. The molecular formula is C11H8N4OS. The number of hydrogen-bond donors (Lipinski definition) is 1. The number of hydrogen-bond acceptors (Lipinski definition) is 4. The Bertz CT molecular complexity index is 686. The molecule has 0 unspecified atom stereocenters. The largest absolute Gasteiger partial charge is 0.350 e. The standard InChI is InChI=1S/C11H8N4OS/c12-11(16)15-10-9(17-6-13-10)8(14-15)7-4-2-1-3-5-7/h1-6H,(H2,12,16). The lowest BCUT2D eigenvalue weighted by molar-refractivity contribution is 0.248. The molecule has 0 spiro atoms. The summed E-state index contributed by atoms with van der Waals surface area (Å²) >= 11 is 1.44. The summed E-state index contributed by atoms with van der Waals surface area (Å²) in [5.41, 5.74) is 9.13. The second kappa shape index (κ2) is 3.67. The summed E-state index contributed by atoms with van der Waals surface area (Å²) in [5, 5.41) is 4.21. The molecule has 2 N–H and O–H groups in total. The Kier molecular flexibility index (Phi) is 2.15. The number of benzene rings is 1. The molecule has 0 atom stereocenters. The van der Waals surface area contributed by atoms with Crippen molar-refractivity contribution >= 4 is 27.7 Å². The molecule has 5 nitrogen and oxygen atoms in total. The minimum Gasteiger partial charge on any atom is -0.350 e. The van der Waals surface area contributed by atoms with Crippen LogP contribution in [0.15, 0.2) is 35.8 Å². The molecule has 0 bridgehead atoms. The fourth-order valence-electron chi connectivity index (χ4n) is 1.68. The molecule has 17 heavy (non-hydrogen) atoms. The van der Waals surface area contributed by atoms with E-state index >= 15 is 0 Å². The van der Waals surface area contributed by atoms with Crippen LogP contribution in [0.25, 0.3) is 21.6 Å². The van der Waals surface area contributed by atoms with E-state index in [0.29, 0.717) is 5.65 Å². The zero-order chi connectivity index (χ0) is 11.8. The van der Waals surface area contributed by atoms with E-state index in [9.17, 15) is 4.79 Å². The number of fused-ring (bicyclic) bond motifs is 1. The van der Waals surface area contributed by atoms with Crippen LogP contribution in [0, 0.1) is 0 Å². The number of nitrogens with zero attached hydrogens (tertiary/aromatic N) is 3. The molecule has 2 heterocycles. The van der Waals surface area contributed by atoms with Crippen LogP contribution in [-0.2, 0) is 0 Å². The highest BCUT2D eigenvalue weighted by Gasteiger charge is 2.16. The van der Waals surface area contributed by atoms with E-state index in [1.54, 1.807) is 5.51 Å². The van der Waals surface area contributed by atoms with Crippen molar-refractivity contribution < 1.29 is 4.79 Å². The lowest BCUT2D eigenvalue weighted by atomic mass is 10.2. The number of primary amides is 1. The summed E-state index contributed by atoms with van der Waals surface area (Å²) in [6.07, 6.45) is 0. The Morgan fingerprint density at radius 2 is 2.06 bits per heavy atom. The first-order valence-electron chi connectivity index (χ1n) is 4.95. The van der Waals surface area contributed by atoms with Crippen LogP contribution in [0.3, 0.4) is 0 Å². The molecule has 0 aliphatic heterocycles. The summed E-state index contributed by atoms with van der Waals surface area (Å²) < 4.78 is 2.00. The molecule has 0 saturated carbocycles. The minimum atomic E-state index is -0.622. The predicted molar refractivity (Wildman–Crippen MR) is 65.8 cm³/mol. The number of rotatable bonds is 1. The van der Waals surface area contributed by atoms with Crippen molar-refractivity contribution in [3.63, 3.8) is 0 Å². The van der Waals surface area contributed by atoms with Crippen molar-refractivity contribution in [3.8, 4) is 11.3 Å². The molecule has 3 rings (SSSR count). The minimum absolute atomic E-state index is 0.515. The lowest BCUT2D eigenvalue weighted by Gasteiger charge is -1.95. The maximum absolute atomic E-state index is 11.2. The van der Waals surface area contributed by atoms with E-state index in [-0.39, 0.29) is 0 Å². The van der Waals surface area contributed by atoms with Gasteiger partial charge >= 0.3 is 6.03 Å². The van der Waals surface area contributed by atoms with Crippen molar-refractivity contribution in [1.29, 1.82) is 0 Å². The van der Waals surface area contributed by atoms with Crippen molar-refractivity contribution in [2.45, 2.75) is 0 Å². The van der Waals surface area contributed by atoms with E-state index in [2.05, 4.69) is 10.1 Å². The average Bonchev–Trinajstić information content (AvgIpc) is 2.90. The molecule has 84 valence electrons. The highest BCUT2D eigenvalue weighted by atomic mass is 32.1. The quantitative estimate of drug-likeness (QED) is 0.712. The Hall–Kier alpha value is -2.21. The van der Waals surface area contributed by atoms with Gasteiger partial charge in [-0.05, 0) is 0 Å². The van der Waals surface area contributed by atoms with Gasteiger partial charge in [0.25, 0.3) is 0 Å². The molecule has 1 amide bonds. The third-order valence-electron chi connectivity index (χ3n) is 2.42. The van der Waals surface area contributed by atoms with E-state index in [4.69, 9.17) is 5.73 Å². The van der Waals surface area contributed by atoms with Gasteiger partial charge in [-0.1, -0.05) is 30.3 Å². The van der Waals surface area contributed by atoms with Gasteiger partial charge in [-0.25, -0.2) is 9.78 Å². The Balaban J connectivity index is 2.31. The van der Waals surface area contributed by atoms with Crippen LogP contribution in [0.4, 0.5) is 4.79 Å². The smallest absolute Gasteiger partial charge is 0.341 e. The van der Waals surface area contributed by atoms with Gasteiger partial charge < -0.3 is 5.73 Å². The van der Waals surface area contributed by atoms with Gasteiger partial charge in [0.15, 0.2) is 5.65 Å². The molecule has 0 aliphatic rings. The zero-order valence-corrected chi connectivity index (χ0v) is 9.52. The van der Waals surface area contributed by atoms with Crippen LogP contribution >= 0.6 is 11.3 Å². The Morgan fingerprint density at radius 3 is 2.76 bits per heavy atom. The monoisotopic (exact) mass is 244 g/mol. The first kappa shape index (κ1) is 9.98. The van der Waals surface area contributed by atoms with E-state index in [0.717, 1.165) is 20.6 Å². The van der Waals surface area contributed by atoms with Crippen LogP contribution in [0.2, 0.25) is 0 Å². The molecule has 6 heteroatoms. The fourth-order valence-corrected chi connectivity index (χ4v) is 2.46. The van der Waals surface area contributed by atoms with Gasteiger partial charge in [-0.3, -0.25) is 0 Å². The topological polar surface area (TPSA) is 73.8 Å². The van der Waals surface area contributed by atoms with Crippen molar-refractivity contribution in [1.82, 2.24) is 14.8 Å². The Morgan fingerprint density at radius 1 is 1.29 bits per heavy atom. The van der Waals surface area contributed by atoms with Gasteiger partial charge in [-0.15, -0.1) is 11.3 Å². The second-order valence-electron chi connectivity index (χ2n) is 3.47. The number of carbonyl (C=O) groups excluding carboxylic acids is 1. The van der Waals surface area contributed by atoms with Gasteiger partial charge in [0, 0.05) is 5.56 Å². The van der Waals surface area contributed by atoms with Gasteiger partial charge in [0.2, 0.25) is 0 Å². The molecule has 0 aliphatic carbocycles. The normalized spacial score (nSPS) is 10.8. The maximum Gasteiger partial charge on any atom is 0.341 e. The summed E-state index contributed by atoms with van der Waals surface area (Å²) in [6, 6.07) is 9.03. The number of carbonyl (C=O) groups is 1. The molecule has 0 fully saturated rings. The summed E-state index contributed by atoms with van der Waals surface area (Å²) in [5.74, 6) is 0. The number of aromatic nitrogens is 3. The van der Waals surface area contributed by atoms with Crippen molar-refractivity contribution in [2.75, 3.05) is 0 Å². The van der Waals surface area contributed by atoms with Crippen LogP contribution in [-0.4, -0.2) is 20.8 Å². The SMILES string of the molecule is NC(=O)n1nc(-c2ccccc2)c2scnc21. The van der Waals surface area contributed by atoms with Crippen molar-refractivity contribution in [2.24, 2.45) is 5.73 Å². The molecule has 0 radical (unpaired) electrons. The molecule has 2 aromatic heterocycles.